The highest BCUT2D eigenvalue weighted by molar-refractivity contribution is 9.10. The standard InChI is InChI=1S/C12H15BrFO/c1-3-7-15-11-6-4-5-10(12(11)13)9(2)8-14/h4-6H,3,7-8H2,1-2H3. The zero-order valence-corrected chi connectivity index (χ0v) is 10.6. The van der Waals surface area contributed by atoms with Crippen molar-refractivity contribution in [3.05, 3.63) is 34.2 Å². The summed E-state index contributed by atoms with van der Waals surface area (Å²) in [6.07, 6.45) is 0.961. The molecule has 0 bridgehead atoms. The van der Waals surface area contributed by atoms with Crippen molar-refractivity contribution in [3.63, 3.8) is 0 Å². The maximum absolute atomic E-state index is 12.5. The zero-order chi connectivity index (χ0) is 11.3. The minimum atomic E-state index is -0.435. The number of benzene rings is 1. The van der Waals surface area contributed by atoms with Gasteiger partial charge in [-0.1, -0.05) is 26.0 Å². The Balaban J connectivity index is 2.90. The van der Waals surface area contributed by atoms with Gasteiger partial charge in [-0.3, -0.25) is 4.39 Å². The zero-order valence-electron chi connectivity index (χ0n) is 9.02. The first-order valence-corrected chi connectivity index (χ1v) is 5.80. The molecule has 1 rings (SSSR count). The highest BCUT2D eigenvalue weighted by Gasteiger charge is 2.13. The first-order chi connectivity index (χ1) is 7.20. The Morgan fingerprint density at radius 3 is 2.80 bits per heavy atom. The SMILES string of the molecule is CCCOc1cccc([C](C)CF)c1Br. The maximum Gasteiger partial charge on any atom is 0.133 e. The molecular formula is C12H15BrFO. The van der Waals surface area contributed by atoms with Crippen LogP contribution in [0.1, 0.15) is 25.8 Å². The molecule has 0 saturated heterocycles. The van der Waals surface area contributed by atoms with Gasteiger partial charge in [-0.2, -0.15) is 0 Å². The second kappa shape index (κ2) is 6.11. The van der Waals surface area contributed by atoms with Crippen LogP contribution >= 0.6 is 15.9 Å². The van der Waals surface area contributed by atoms with E-state index in [1.54, 1.807) is 6.92 Å². The smallest absolute Gasteiger partial charge is 0.133 e. The highest BCUT2D eigenvalue weighted by Crippen LogP contribution is 2.32. The molecule has 0 unspecified atom stereocenters. The number of alkyl halides is 1. The average Bonchev–Trinajstić information content (AvgIpc) is 2.27. The van der Waals surface area contributed by atoms with Gasteiger partial charge in [0.15, 0.2) is 0 Å². The fourth-order valence-corrected chi connectivity index (χ4v) is 1.95. The van der Waals surface area contributed by atoms with E-state index in [-0.39, 0.29) is 0 Å². The predicted octanol–water partition coefficient (Wildman–Crippen LogP) is 4.15. The summed E-state index contributed by atoms with van der Waals surface area (Å²) in [5.41, 5.74) is 0.881. The first kappa shape index (κ1) is 12.5. The lowest BCUT2D eigenvalue weighted by molar-refractivity contribution is 0.315. The van der Waals surface area contributed by atoms with E-state index in [1.807, 2.05) is 18.2 Å². The number of hydrogen-bond acceptors (Lipinski definition) is 1. The van der Waals surface area contributed by atoms with Crippen LogP contribution in [0.15, 0.2) is 22.7 Å². The number of halogens is 2. The molecule has 0 atom stereocenters. The van der Waals surface area contributed by atoms with Crippen LogP contribution in [0.2, 0.25) is 0 Å². The molecule has 3 heteroatoms. The number of hydrogen-bond donors (Lipinski definition) is 0. The Bertz CT molecular complexity index is 314. The second-order valence-corrected chi connectivity index (χ2v) is 4.17. The van der Waals surface area contributed by atoms with Gasteiger partial charge in [-0.05, 0) is 34.0 Å². The van der Waals surface area contributed by atoms with E-state index in [1.165, 1.54) is 0 Å². The van der Waals surface area contributed by atoms with Gasteiger partial charge in [0.1, 0.15) is 5.75 Å². The van der Waals surface area contributed by atoms with Crippen LogP contribution in [0.4, 0.5) is 4.39 Å². The van der Waals surface area contributed by atoms with E-state index in [0.29, 0.717) is 12.5 Å². The molecule has 1 aromatic rings. The highest BCUT2D eigenvalue weighted by atomic mass is 79.9. The van der Waals surface area contributed by atoms with Gasteiger partial charge in [-0.25, -0.2) is 0 Å². The molecule has 1 nitrogen and oxygen atoms in total. The fraction of sp³-hybridized carbons (Fsp3) is 0.417. The molecule has 0 aromatic heterocycles. The third kappa shape index (κ3) is 3.20. The van der Waals surface area contributed by atoms with Crippen molar-refractivity contribution in [3.8, 4) is 5.75 Å². The van der Waals surface area contributed by atoms with Crippen LogP contribution in [0.5, 0.6) is 5.75 Å². The summed E-state index contributed by atoms with van der Waals surface area (Å²) in [5.74, 6) is 1.49. The topological polar surface area (TPSA) is 9.23 Å². The lowest BCUT2D eigenvalue weighted by Crippen LogP contribution is -2.01. The van der Waals surface area contributed by atoms with Gasteiger partial charge >= 0.3 is 0 Å². The number of rotatable bonds is 5. The molecule has 0 N–H and O–H groups in total. The summed E-state index contributed by atoms with van der Waals surface area (Å²) in [5, 5.41) is 0. The van der Waals surface area contributed by atoms with Crippen LogP contribution in [0, 0.1) is 5.92 Å². The van der Waals surface area contributed by atoms with Crippen LogP contribution < -0.4 is 4.74 Å². The van der Waals surface area contributed by atoms with E-state index in [9.17, 15) is 4.39 Å². The summed E-state index contributed by atoms with van der Waals surface area (Å²) in [6, 6.07) is 5.65. The van der Waals surface area contributed by atoms with E-state index in [4.69, 9.17) is 4.74 Å². The maximum atomic E-state index is 12.5. The van der Waals surface area contributed by atoms with Crippen molar-refractivity contribution >= 4 is 15.9 Å². The average molecular weight is 274 g/mol. The molecular weight excluding hydrogens is 259 g/mol. The Morgan fingerprint density at radius 2 is 2.20 bits per heavy atom. The molecule has 15 heavy (non-hydrogen) atoms. The molecule has 0 heterocycles. The lowest BCUT2D eigenvalue weighted by Gasteiger charge is -2.13. The Hall–Kier alpha value is -0.570. The fourth-order valence-electron chi connectivity index (χ4n) is 1.24. The summed E-state index contributed by atoms with van der Waals surface area (Å²) in [6.45, 7) is 4.08. The molecule has 0 aliphatic carbocycles. The van der Waals surface area contributed by atoms with Gasteiger partial charge in [0.25, 0.3) is 0 Å². The minimum absolute atomic E-state index is 0.435. The van der Waals surface area contributed by atoms with Crippen molar-refractivity contribution in [2.24, 2.45) is 0 Å². The summed E-state index contributed by atoms with van der Waals surface area (Å²) in [7, 11) is 0. The molecule has 0 amide bonds. The van der Waals surface area contributed by atoms with Crippen LogP contribution in [-0.4, -0.2) is 13.3 Å². The van der Waals surface area contributed by atoms with Gasteiger partial charge in [-0.15, -0.1) is 0 Å². The van der Waals surface area contributed by atoms with Gasteiger partial charge in [0.2, 0.25) is 0 Å². The molecule has 1 radical (unpaired) electrons. The largest absolute Gasteiger partial charge is 0.492 e. The number of ether oxygens (including phenoxy) is 1. The normalized spacial score (nSPS) is 10.7. The predicted molar refractivity (Wildman–Crippen MR) is 63.9 cm³/mol. The van der Waals surface area contributed by atoms with E-state index >= 15 is 0 Å². The molecule has 83 valence electrons. The lowest BCUT2D eigenvalue weighted by atomic mass is 10.0. The van der Waals surface area contributed by atoms with Crippen LogP contribution in [0.25, 0.3) is 0 Å². The third-order valence-corrected chi connectivity index (χ3v) is 2.90. The third-order valence-electron chi connectivity index (χ3n) is 2.09. The molecule has 0 aliphatic rings. The van der Waals surface area contributed by atoms with Gasteiger partial charge < -0.3 is 4.74 Å². The Morgan fingerprint density at radius 1 is 1.47 bits per heavy atom. The Kier molecular flexibility index (Phi) is 5.09. The van der Waals surface area contributed by atoms with Gasteiger partial charge in [0, 0.05) is 5.92 Å². The minimum Gasteiger partial charge on any atom is -0.492 e. The molecule has 0 aliphatic heterocycles. The van der Waals surface area contributed by atoms with Crippen molar-refractivity contribution in [2.45, 2.75) is 20.3 Å². The van der Waals surface area contributed by atoms with E-state index < -0.39 is 6.67 Å². The van der Waals surface area contributed by atoms with Crippen LogP contribution in [-0.2, 0) is 0 Å². The second-order valence-electron chi connectivity index (χ2n) is 3.38. The molecule has 1 aromatic carbocycles. The molecule has 0 spiro atoms. The summed E-state index contributed by atoms with van der Waals surface area (Å²) in [4.78, 5) is 0. The first-order valence-electron chi connectivity index (χ1n) is 5.00. The van der Waals surface area contributed by atoms with Crippen molar-refractivity contribution < 1.29 is 9.13 Å². The monoisotopic (exact) mass is 273 g/mol. The van der Waals surface area contributed by atoms with E-state index in [0.717, 1.165) is 22.2 Å². The summed E-state index contributed by atoms with van der Waals surface area (Å²) < 4.78 is 18.9. The quantitative estimate of drug-likeness (QED) is 0.783. The van der Waals surface area contributed by atoms with Crippen molar-refractivity contribution in [1.82, 2.24) is 0 Å². The molecule has 0 saturated carbocycles. The summed E-state index contributed by atoms with van der Waals surface area (Å²) >= 11 is 3.44. The van der Waals surface area contributed by atoms with Gasteiger partial charge in [0.05, 0.1) is 17.8 Å². The van der Waals surface area contributed by atoms with E-state index in [2.05, 4.69) is 22.9 Å². The van der Waals surface area contributed by atoms with Crippen LogP contribution in [0.3, 0.4) is 0 Å². The Labute approximate surface area is 98.8 Å². The molecule has 0 fully saturated rings. The van der Waals surface area contributed by atoms with Crippen molar-refractivity contribution in [2.75, 3.05) is 13.3 Å². The van der Waals surface area contributed by atoms with Crippen molar-refractivity contribution in [1.29, 1.82) is 0 Å².